The van der Waals surface area contributed by atoms with Crippen LogP contribution in [0, 0.1) is 5.92 Å². The fourth-order valence-electron chi connectivity index (χ4n) is 3.95. The number of nitrogens with one attached hydrogen (secondary N) is 3. The Labute approximate surface area is 222 Å². The summed E-state index contributed by atoms with van der Waals surface area (Å²) in [4.78, 5) is 52.8. The van der Waals surface area contributed by atoms with Gasteiger partial charge in [0, 0.05) is 23.6 Å². The van der Waals surface area contributed by atoms with Crippen molar-refractivity contribution in [2.24, 2.45) is 5.92 Å². The normalized spacial score (nSPS) is 12.0. The van der Waals surface area contributed by atoms with Crippen molar-refractivity contribution in [3.05, 3.63) is 71.9 Å². The van der Waals surface area contributed by atoms with Gasteiger partial charge in [-0.3, -0.25) is 19.2 Å². The SMILES string of the molecule is CC(C)(C)OC(=O)C[C@@H](Cc1c[nH]c2ccccc12)C(=O)NCC(=O)OCC(=O)NCCc1ccccc1. The monoisotopic (exact) mass is 521 g/mol. The third-order valence-corrected chi connectivity index (χ3v) is 5.69. The summed E-state index contributed by atoms with van der Waals surface area (Å²) in [5.74, 6) is -2.93. The molecule has 2 aromatic carbocycles. The van der Waals surface area contributed by atoms with Crippen LogP contribution < -0.4 is 10.6 Å². The van der Waals surface area contributed by atoms with E-state index in [0.717, 1.165) is 22.0 Å². The fraction of sp³-hybridized carbons (Fsp3) is 0.379. The molecule has 3 aromatic rings. The molecule has 0 unspecified atom stereocenters. The maximum Gasteiger partial charge on any atom is 0.325 e. The highest BCUT2D eigenvalue weighted by molar-refractivity contribution is 5.89. The number of ether oxygens (including phenoxy) is 2. The fourth-order valence-corrected chi connectivity index (χ4v) is 3.95. The molecule has 0 aliphatic rings. The van der Waals surface area contributed by atoms with E-state index in [4.69, 9.17) is 9.47 Å². The summed E-state index contributed by atoms with van der Waals surface area (Å²) in [6.07, 6.45) is 2.59. The number of carbonyl (C=O) groups excluding carboxylic acids is 4. The minimum Gasteiger partial charge on any atom is -0.460 e. The molecule has 0 saturated carbocycles. The maximum absolute atomic E-state index is 13.0. The number of carbonyl (C=O) groups is 4. The molecule has 0 bridgehead atoms. The van der Waals surface area contributed by atoms with E-state index < -0.39 is 48.4 Å². The van der Waals surface area contributed by atoms with Gasteiger partial charge in [-0.15, -0.1) is 0 Å². The minimum atomic E-state index is -0.766. The molecule has 0 aliphatic heterocycles. The molecule has 0 fully saturated rings. The first kappa shape index (κ1) is 28.4. The van der Waals surface area contributed by atoms with Crippen LogP contribution in [0.4, 0.5) is 0 Å². The molecule has 9 nitrogen and oxygen atoms in total. The van der Waals surface area contributed by atoms with Crippen LogP contribution in [0.2, 0.25) is 0 Å². The van der Waals surface area contributed by atoms with Crippen molar-refractivity contribution in [2.45, 2.75) is 45.6 Å². The van der Waals surface area contributed by atoms with Crippen molar-refractivity contribution in [1.82, 2.24) is 15.6 Å². The number of fused-ring (bicyclic) bond motifs is 1. The Kier molecular flexibility index (Phi) is 10.0. The Hall–Kier alpha value is -4.14. The third kappa shape index (κ3) is 9.38. The van der Waals surface area contributed by atoms with Gasteiger partial charge in [0.05, 0.1) is 12.3 Å². The highest BCUT2D eigenvalue weighted by Crippen LogP contribution is 2.23. The van der Waals surface area contributed by atoms with Gasteiger partial charge in [-0.25, -0.2) is 0 Å². The van der Waals surface area contributed by atoms with Gasteiger partial charge < -0.3 is 25.1 Å². The molecule has 0 aliphatic carbocycles. The van der Waals surface area contributed by atoms with Crippen LogP contribution in [0.1, 0.15) is 38.3 Å². The van der Waals surface area contributed by atoms with E-state index in [1.54, 1.807) is 20.8 Å². The average molecular weight is 522 g/mol. The lowest BCUT2D eigenvalue weighted by molar-refractivity contribution is -0.157. The quantitative estimate of drug-likeness (QED) is 0.315. The van der Waals surface area contributed by atoms with E-state index in [-0.39, 0.29) is 12.8 Å². The summed E-state index contributed by atoms with van der Waals surface area (Å²) in [6, 6.07) is 17.4. The summed E-state index contributed by atoms with van der Waals surface area (Å²) in [7, 11) is 0. The van der Waals surface area contributed by atoms with Crippen molar-refractivity contribution < 1.29 is 28.7 Å². The standard InChI is InChI=1S/C29H35N3O6/c1-29(2,3)38-26(34)16-21(15-22-17-31-24-12-8-7-11-23(22)24)28(36)32-18-27(35)37-19-25(33)30-14-13-20-9-5-4-6-10-20/h4-12,17,21,31H,13-16,18-19H2,1-3H3,(H,30,33)(H,32,36)/t21-/m1/s1. The van der Waals surface area contributed by atoms with Gasteiger partial charge in [0.15, 0.2) is 6.61 Å². The van der Waals surface area contributed by atoms with Gasteiger partial charge in [-0.1, -0.05) is 48.5 Å². The largest absolute Gasteiger partial charge is 0.460 e. The van der Waals surface area contributed by atoms with Crippen LogP contribution >= 0.6 is 0 Å². The number of amides is 2. The second-order valence-corrected chi connectivity index (χ2v) is 10.0. The van der Waals surface area contributed by atoms with Gasteiger partial charge in [0.1, 0.15) is 12.1 Å². The highest BCUT2D eigenvalue weighted by Gasteiger charge is 2.27. The Morgan fingerprint density at radius 3 is 2.37 bits per heavy atom. The van der Waals surface area contributed by atoms with Crippen LogP contribution in [0.3, 0.4) is 0 Å². The summed E-state index contributed by atoms with van der Waals surface area (Å²) >= 11 is 0. The Bertz CT molecular complexity index is 1250. The predicted octanol–water partition coefficient (Wildman–Crippen LogP) is 3.08. The topological polar surface area (TPSA) is 127 Å². The molecule has 38 heavy (non-hydrogen) atoms. The molecule has 3 rings (SSSR count). The number of rotatable bonds is 12. The molecule has 1 heterocycles. The second-order valence-electron chi connectivity index (χ2n) is 10.0. The average Bonchev–Trinajstić information content (AvgIpc) is 3.28. The number of aromatic amines is 1. The van der Waals surface area contributed by atoms with E-state index in [2.05, 4.69) is 15.6 Å². The molecule has 1 atom stereocenters. The summed E-state index contributed by atoms with van der Waals surface area (Å²) < 4.78 is 10.4. The molecular weight excluding hydrogens is 486 g/mol. The molecule has 0 spiro atoms. The minimum absolute atomic E-state index is 0.151. The lowest BCUT2D eigenvalue weighted by Crippen LogP contribution is -2.39. The number of hydrogen-bond donors (Lipinski definition) is 3. The van der Waals surface area contributed by atoms with E-state index in [0.29, 0.717) is 13.0 Å². The maximum atomic E-state index is 13.0. The third-order valence-electron chi connectivity index (χ3n) is 5.69. The Morgan fingerprint density at radius 1 is 0.921 bits per heavy atom. The number of benzene rings is 2. The van der Waals surface area contributed by atoms with Gasteiger partial charge in [-0.05, 0) is 50.8 Å². The smallest absolute Gasteiger partial charge is 0.325 e. The summed E-state index contributed by atoms with van der Waals surface area (Å²) in [5.41, 5.74) is 2.19. The first-order chi connectivity index (χ1) is 18.1. The van der Waals surface area contributed by atoms with Gasteiger partial charge in [0.25, 0.3) is 5.91 Å². The van der Waals surface area contributed by atoms with Crippen molar-refractivity contribution in [3.8, 4) is 0 Å². The van der Waals surface area contributed by atoms with Crippen molar-refractivity contribution in [2.75, 3.05) is 19.7 Å². The van der Waals surface area contributed by atoms with E-state index >= 15 is 0 Å². The van der Waals surface area contributed by atoms with Crippen LogP contribution in [-0.4, -0.2) is 54.0 Å². The number of para-hydroxylation sites is 1. The molecule has 202 valence electrons. The Morgan fingerprint density at radius 2 is 1.63 bits per heavy atom. The van der Waals surface area contributed by atoms with Crippen LogP contribution in [0.5, 0.6) is 0 Å². The van der Waals surface area contributed by atoms with E-state index in [9.17, 15) is 19.2 Å². The summed E-state index contributed by atoms with van der Waals surface area (Å²) in [5, 5.41) is 6.18. The molecule has 1 aromatic heterocycles. The Balaban J connectivity index is 1.50. The molecule has 0 saturated heterocycles. The van der Waals surface area contributed by atoms with Crippen molar-refractivity contribution >= 4 is 34.7 Å². The van der Waals surface area contributed by atoms with E-state index in [1.165, 1.54) is 0 Å². The van der Waals surface area contributed by atoms with Crippen molar-refractivity contribution in [3.63, 3.8) is 0 Å². The molecule has 2 amide bonds. The summed E-state index contributed by atoms with van der Waals surface area (Å²) in [6.45, 7) is 4.82. The first-order valence-electron chi connectivity index (χ1n) is 12.6. The van der Waals surface area contributed by atoms with Gasteiger partial charge >= 0.3 is 11.9 Å². The molecule has 3 N–H and O–H groups in total. The molecule has 9 heteroatoms. The zero-order chi connectivity index (χ0) is 27.5. The van der Waals surface area contributed by atoms with Crippen molar-refractivity contribution in [1.29, 1.82) is 0 Å². The number of esters is 2. The highest BCUT2D eigenvalue weighted by atomic mass is 16.6. The predicted molar refractivity (Wildman–Crippen MR) is 143 cm³/mol. The lowest BCUT2D eigenvalue weighted by Gasteiger charge is -2.22. The second kappa shape index (κ2) is 13.4. The van der Waals surface area contributed by atoms with Crippen LogP contribution in [0.25, 0.3) is 10.9 Å². The molecular formula is C29H35N3O6. The van der Waals surface area contributed by atoms with E-state index in [1.807, 2.05) is 60.8 Å². The number of hydrogen-bond acceptors (Lipinski definition) is 6. The number of H-pyrrole nitrogens is 1. The van der Waals surface area contributed by atoms with Gasteiger partial charge in [-0.2, -0.15) is 0 Å². The molecule has 0 radical (unpaired) electrons. The van der Waals surface area contributed by atoms with Crippen LogP contribution in [-0.2, 0) is 41.5 Å². The first-order valence-corrected chi connectivity index (χ1v) is 12.6. The van der Waals surface area contributed by atoms with Crippen LogP contribution in [0.15, 0.2) is 60.8 Å². The zero-order valence-corrected chi connectivity index (χ0v) is 22.0. The lowest BCUT2D eigenvalue weighted by atomic mass is 9.94. The van der Waals surface area contributed by atoms with Gasteiger partial charge in [0.2, 0.25) is 5.91 Å². The zero-order valence-electron chi connectivity index (χ0n) is 22.0. The number of aromatic nitrogens is 1.